The van der Waals surface area contributed by atoms with E-state index in [0.717, 1.165) is 6.07 Å². The summed E-state index contributed by atoms with van der Waals surface area (Å²) in [4.78, 5) is 17.9. The molecule has 5 nitrogen and oxygen atoms in total. The van der Waals surface area contributed by atoms with Crippen molar-refractivity contribution in [3.05, 3.63) is 47.5 Å². The van der Waals surface area contributed by atoms with E-state index in [9.17, 15) is 18.0 Å². The number of halogens is 3. The second-order valence-corrected chi connectivity index (χ2v) is 6.36. The number of nitrogens with zero attached hydrogens (tertiary/aromatic N) is 4. The van der Waals surface area contributed by atoms with Gasteiger partial charge in [0.25, 0.3) is 5.91 Å². The molecule has 2 aromatic rings. The third-order valence-electron chi connectivity index (χ3n) is 4.44. The molecule has 3 rings (SSSR count). The molecule has 1 aromatic heterocycles. The Hall–Kier alpha value is -2.38. The lowest BCUT2D eigenvalue weighted by Crippen LogP contribution is -2.33. The molecule has 128 valence electrons. The standard InChI is InChI=1S/C16H17F3N4O/c1-15(11-4-3-5-12(8-11)16(17,18)19)6-7-23(9-15)14(24)13-20-10-22(2)21-13/h3-5,8,10H,6-7,9H2,1-2H3. The molecule has 0 radical (unpaired) electrons. The second kappa shape index (κ2) is 5.61. The van der Waals surface area contributed by atoms with Crippen molar-refractivity contribution in [1.29, 1.82) is 0 Å². The summed E-state index contributed by atoms with van der Waals surface area (Å²) in [5, 5.41) is 3.99. The third-order valence-corrected chi connectivity index (χ3v) is 4.44. The van der Waals surface area contributed by atoms with E-state index in [0.29, 0.717) is 25.1 Å². The highest BCUT2D eigenvalue weighted by Crippen LogP contribution is 2.37. The Labute approximate surface area is 137 Å². The van der Waals surface area contributed by atoms with Crippen LogP contribution in [0.15, 0.2) is 30.6 Å². The minimum Gasteiger partial charge on any atom is -0.335 e. The lowest BCUT2D eigenvalue weighted by molar-refractivity contribution is -0.137. The highest BCUT2D eigenvalue weighted by molar-refractivity contribution is 5.90. The van der Waals surface area contributed by atoms with Crippen LogP contribution in [0.4, 0.5) is 13.2 Å². The second-order valence-electron chi connectivity index (χ2n) is 6.36. The number of carbonyl (C=O) groups excluding carboxylic acids is 1. The average Bonchev–Trinajstić information content (AvgIpc) is 3.13. The maximum absolute atomic E-state index is 12.9. The van der Waals surface area contributed by atoms with Crippen LogP contribution in [0.2, 0.25) is 0 Å². The normalized spacial score (nSPS) is 21.3. The first-order chi connectivity index (χ1) is 11.2. The summed E-state index contributed by atoms with van der Waals surface area (Å²) in [5.41, 5.74) is -0.606. The number of alkyl halides is 3. The molecule has 0 saturated carbocycles. The van der Waals surface area contributed by atoms with Crippen LogP contribution in [-0.4, -0.2) is 38.7 Å². The Bertz CT molecular complexity index is 771. The summed E-state index contributed by atoms with van der Waals surface area (Å²) in [6.45, 7) is 2.68. The van der Waals surface area contributed by atoms with E-state index in [1.165, 1.54) is 23.1 Å². The third kappa shape index (κ3) is 3.00. The summed E-state index contributed by atoms with van der Waals surface area (Å²) in [6, 6.07) is 5.33. The number of hydrogen-bond acceptors (Lipinski definition) is 3. The Morgan fingerprint density at radius 2 is 2.08 bits per heavy atom. The number of aromatic nitrogens is 3. The number of rotatable bonds is 2. The van der Waals surface area contributed by atoms with Gasteiger partial charge in [-0.3, -0.25) is 9.48 Å². The van der Waals surface area contributed by atoms with Gasteiger partial charge in [-0.25, -0.2) is 4.98 Å². The Kier molecular flexibility index (Phi) is 3.85. The zero-order chi connectivity index (χ0) is 17.5. The minimum atomic E-state index is -4.38. The smallest absolute Gasteiger partial charge is 0.335 e. The lowest BCUT2D eigenvalue weighted by atomic mass is 9.81. The molecule has 8 heteroatoms. The molecular weight excluding hydrogens is 321 g/mol. The molecule has 0 spiro atoms. The first kappa shape index (κ1) is 16.5. The quantitative estimate of drug-likeness (QED) is 0.846. The van der Waals surface area contributed by atoms with Crippen LogP contribution in [0, 0.1) is 0 Å². The van der Waals surface area contributed by atoms with Gasteiger partial charge in [0.05, 0.1) is 5.56 Å². The van der Waals surface area contributed by atoms with Crippen LogP contribution in [0.5, 0.6) is 0 Å². The van der Waals surface area contributed by atoms with Gasteiger partial charge in [0.1, 0.15) is 6.33 Å². The lowest BCUT2D eigenvalue weighted by Gasteiger charge is -2.25. The first-order valence-corrected chi connectivity index (χ1v) is 7.52. The SMILES string of the molecule is Cn1cnc(C(=O)N2CCC(C)(c3cccc(C(F)(F)F)c3)C2)n1. The van der Waals surface area contributed by atoms with Gasteiger partial charge in [-0.05, 0) is 18.1 Å². The van der Waals surface area contributed by atoms with Gasteiger partial charge < -0.3 is 4.90 Å². The summed E-state index contributed by atoms with van der Waals surface area (Å²) >= 11 is 0. The van der Waals surface area contributed by atoms with E-state index in [2.05, 4.69) is 10.1 Å². The van der Waals surface area contributed by atoms with Crippen molar-refractivity contribution in [2.75, 3.05) is 13.1 Å². The number of carbonyl (C=O) groups is 1. The van der Waals surface area contributed by atoms with Crippen molar-refractivity contribution in [1.82, 2.24) is 19.7 Å². The van der Waals surface area contributed by atoms with Crippen LogP contribution in [0.3, 0.4) is 0 Å². The topological polar surface area (TPSA) is 51.0 Å². The Morgan fingerprint density at radius 3 is 2.71 bits per heavy atom. The fraction of sp³-hybridized carbons (Fsp3) is 0.438. The molecule has 1 aliphatic heterocycles. The van der Waals surface area contributed by atoms with Gasteiger partial charge in [-0.15, -0.1) is 5.10 Å². The van der Waals surface area contributed by atoms with E-state index in [1.54, 1.807) is 18.0 Å². The molecule has 1 aliphatic rings. The van der Waals surface area contributed by atoms with Gasteiger partial charge >= 0.3 is 6.18 Å². The van der Waals surface area contributed by atoms with Crippen molar-refractivity contribution in [3.63, 3.8) is 0 Å². The van der Waals surface area contributed by atoms with Gasteiger partial charge in [-0.2, -0.15) is 13.2 Å². The molecule has 0 bridgehead atoms. The molecule has 2 heterocycles. The van der Waals surface area contributed by atoms with Gasteiger partial charge in [0.15, 0.2) is 0 Å². The fourth-order valence-electron chi connectivity index (χ4n) is 3.02. The zero-order valence-electron chi connectivity index (χ0n) is 13.3. The highest BCUT2D eigenvalue weighted by Gasteiger charge is 2.40. The summed E-state index contributed by atoms with van der Waals surface area (Å²) in [5.74, 6) is -0.197. The van der Waals surface area contributed by atoms with E-state index in [-0.39, 0.29) is 11.7 Å². The molecule has 1 atom stereocenters. The summed E-state index contributed by atoms with van der Waals surface area (Å²) in [7, 11) is 1.67. The predicted octanol–water partition coefficient (Wildman–Crippen LogP) is 2.64. The number of likely N-dealkylation sites (tertiary alicyclic amines) is 1. The molecule has 0 aliphatic carbocycles. The van der Waals surface area contributed by atoms with Crippen LogP contribution in [-0.2, 0) is 18.6 Å². The number of amides is 1. The first-order valence-electron chi connectivity index (χ1n) is 7.52. The number of hydrogen-bond donors (Lipinski definition) is 0. The molecule has 1 aromatic carbocycles. The van der Waals surface area contributed by atoms with Crippen LogP contribution < -0.4 is 0 Å². The monoisotopic (exact) mass is 338 g/mol. The van der Waals surface area contributed by atoms with Gasteiger partial charge in [0.2, 0.25) is 5.82 Å². The minimum absolute atomic E-state index is 0.103. The molecular formula is C16H17F3N4O. The van der Waals surface area contributed by atoms with Crippen LogP contribution in [0.25, 0.3) is 0 Å². The molecule has 1 fully saturated rings. The van der Waals surface area contributed by atoms with Gasteiger partial charge in [0, 0.05) is 25.6 Å². The van der Waals surface area contributed by atoms with Crippen molar-refractivity contribution >= 4 is 5.91 Å². The predicted molar refractivity (Wildman–Crippen MR) is 80.3 cm³/mol. The van der Waals surface area contributed by atoms with Crippen LogP contribution in [0.1, 0.15) is 35.1 Å². The number of benzene rings is 1. The maximum atomic E-state index is 12.9. The highest BCUT2D eigenvalue weighted by atomic mass is 19.4. The zero-order valence-corrected chi connectivity index (χ0v) is 13.3. The largest absolute Gasteiger partial charge is 0.416 e. The molecule has 1 saturated heterocycles. The van der Waals surface area contributed by atoms with E-state index in [4.69, 9.17) is 0 Å². The van der Waals surface area contributed by atoms with Crippen molar-refractivity contribution < 1.29 is 18.0 Å². The number of aryl methyl sites for hydroxylation is 1. The molecule has 24 heavy (non-hydrogen) atoms. The van der Waals surface area contributed by atoms with E-state index in [1.807, 2.05) is 6.92 Å². The maximum Gasteiger partial charge on any atom is 0.416 e. The summed E-state index contributed by atoms with van der Waals surface area (Å²) < 4.78 is 40.2. The van der Waals surface area contributed by atoms with Crippen molar-refractivity contribution in [2.45, 2.75) is 24.9 Å². The fourth-order valence-corrected chi connectivity index (χ4v) is 3.02. The van der Waals surface area contributed by atoms with Crippen LogP contribution >= 0.6 is 0 Å². The van der Waals surface area contributed by atoms with Gasteiger partial charge in [-0.1, -0.05) is 25.1 Å². The Balaban J connectivity index is 1.82. The van der Waals surface area contributed by atoms with E-state index < -0.39 is 17.2 Å². The van der Waals surface area contributed by atoms with Crippen molar-refractivity contribution in [3.8, 4) is 0 Å². The average molecular weight is 338 g/mol. The summed E-state index contributed by atoms with van der Waals surface area (Å²) in [6.07, 6.45) is -2.35. The molecule has 1 unspecified atom stereocenters. The molecule has 0 N–H and O–H groups in total. The molecule has 1 amide bonds. The van der Waals surface area contributed by atoms with E-state index >= 15 is 0 Å². The van der Waals surface area contributed by atoms with Crippen molar-refractivity contribution in [2.24, 2.45) is 7.05 Å². The Morgan fingerprint density at radius 1 is 1.33 bits per heavy atom.